The van der Waals surface area contributed by atoms with Gasteiger partial charge in [0.05, 0.1) is 13.7 Å². The van der Waals surface area contributed by atoms with Crippen LogP contribution >= 0.6 is 15.6 Å². The van der Waals surface area contributed by atoms with E-state index in [0.717, 1.165) is 0 Å². The zero-order valence-electron chi connectivity index (χ0n) is 9.29. The summed E-state index contributed by atoms with van der Waals surface area (Å²) >= 11 is 0. The monoisotopic (exact) mass is 298 g/mol. The van der Waals surface area contributed by atoms with E-state index < -0.39 is 15.6 Å². The van der Waals surface area contributed by atoms with Crippen LogP contribution in [-0.4, -0.2) is 21.8 Å². The molecule has 0 heterocycles. The van der Waals surface area contributed by atoms with Crippen molar-refractivity contribution in [2.75, 3.05) is 7.11 Å². The third-order valence-corrected chi connectivity index (χ3v) is 3.87. The molecular formula is C8H12O8P2. The molecule has 0 saturated carbocycles. The molecule has 0 spiro atoms. The Labute approximate surface area is 103 Å². The smallest absolute Gasteiger partial charge is 0.481 e. The van der Waals surface area contributed by atoms with Gasteiger partial charge in [-0.15, -0.1) is 0 Å². The van der Waals surface area contributed by atoms with Crippen LogP contribution < -0.4 is 4.74 Å². The normalized spacial score (nSPS) is 15.1. The van der Waals surface area contributed by atoms with E-state index in [1.807, 2.05) is 0 Å². The Morgan fingerprint density at radius 1 is 1.22 bits per heavy atom. The fraction of sp³-hybridized carbons (Fsp3) is 0.250. The minimum atomic E-state index is -5.09. The van der Waals surface area contributed by atoms with Crippen molar-refractivity contribution in [3.63, 3.8) is 0 Å². The third kappa shape index (κ3) is 5.75. The van der Waals surface area contributed by atoms with Gasteiger partial charge in [0, 0.05) is 0 Å². The minimum absolute atomic E-state index is 0.356. The maximum absolute atomic E-state index is 11.1. The van der Waals surface area contributed by atoms with Gasteiger partial charge in [0.2, 0.25) is 0 Å². The fourth-order valence-electron chi connectivity index (χ4n) is 1.08. The predicted molar refractivity (Wildman–Crippen MR) is 60.7 cm³/mol. The highest BCUT2D eigenvalue weighted by Crippen LogP contribution is 2.57. The summed E-state index contributed by atoms with van der Waals surface area (Å²) in [5.41, 5.74) is 0.484. The van der Waals surface area contributed by atoms with Gasteiger partial charge in [-0.1, -0.05) is 12.1 Å². The van der Waals surface area contributed by atoms with E-state index in [-0.39, 0.29) is 6.61 Å². The van der Waals surface area contributed by atoms with Crippen LogP contribution in [-0.2, 0) is 24.6 Å². The Morgan fingerprint density at radius 2 is 1.89 bits per heavy atom. The van der Waals surface area contributed by atoms with Crippen molar-refractivity contribution >= 4 is 15.6 Å². The molecule has 1 aromatic carbocycles. The number of benzene rings is 1. The summed E-state index contributed by atoms with van der Waals surface area (Å²) in [7, 11) is -8.44. The first-order valence-electron chi connectivity index (χ1n) is 4.59. The van der Waals surface area contributed by atoms with Gasteiger partial charge in [0.1, 0.15) is 5.75 Å². The molecule has 8 nitrogen and oxygen atoms in total. The highest BCUT2D eigenvalue weighted by Gasteiger charge is 2.32. The molecule has 1 aromatic rings. The molecular weight excluding hydrogens is 286 g/mol. The van der Waals surface area contributed by atoms with Crippen molar-refractivity contribution in [3.8, 4) is 5.75 Å². The summed E-state index contributed by atoms with van der Waals surface area (Å²) < 4.78 is 34.5. The average molecular weight is 298 g/mol. The lowest BCUT2D eigenvalue weighted by Gasteiger charge is -2.12. The molecule has 0 aliphatic rings. The van der Waals surface area contributed by atoms with Crippen LogP contribution in [0.15, 0.2) is 24.3 Å². The van der Waals surface area contributed by atoms with Crippen molar-refractivity contribution in [3.05, 3.63) is 29.8 Å². The standard InChI is InChI=1S/C8H12O8P2/c1-14-8-4-2-3-7(5-8)6-15-18(12,13)16-17(9,10)11/h2-5H,6H2,1H3,(H,12,13)(H2,9,10,11). The molecule has 102 valence electrons. The molecule has 0 aliphatic carbocycles. The number of methoxy groups -OCH3 is 1. The largest absolute Gasteiger partial charge is 0.497 e. The first-order chi connectivity index (χ1) is 8.22. The molecule has 0 aromatic heterocycles. The number of phosphoric acid groups is 2. The number of phosphoric ester groups is 1. The lowest BCUT2D eigenvalue weighted by atomic mass is 10.2. The van der Waals surface area contributed by atoms with Crippen LogP contribution in [0.1, 0.15) is 5.56 Å². The second-order valence-corrected chi connectivity index (χ2v) is 6.00. The van der Waals surface area contributed by atoms with Crippen LogP contribution in [0.25, 0.3) is 0 Å². The molecule has 1 rings (SSSR count). The Hall–Kier alpha value is -0.720. The van der Waals surface area contributed by atoms with Crippen LogP contribution in [0.4, 0.5) is 0 Å². The van der Waals surface area contributed by atoms with E-state index in [1.54, 1.807) is 18.2 Å². The van der Waals surface area contributed by atoms with Gasteiger partial charge < -0.3 is 19.4 Å². The minimum Gasteiger partial charge on any atom is -0.497 e. The second-order valence-electron chi connectivity index (χ2n) is 3.17. The van der Waals surface area contributed by atoms with E-state index in [4.69, 9.17) is 19.4 Å². The van der Waals surface area contributed by atoms with E-state index in [9.17, 15) is 9.13 Å². The Morgan fingerprint density at radius 3 is 2.44 bits per heavy atom. The SMILES string of the molecule is COc1cccc(COP(=O)(O)OP(=O)(O)O)c1. The molecule has 0 fully saturated rings. The van der Waals surface area contributed by atoms with E-state index >= 15 is 0 Å². The molecule has 0 radical (unpaired) electrons. The molecule has 0 bridgehead atoms. The summed E-state index contributed by atoms with van der Waals surface area (Å²) in [6.07, 6.45) is 0. The first kappa shape index (κ1) is 15.3. The van der Waals surface area contributed by atoms with E-state index in [1.165, 1.54) is 13.2 Å². The van der Waals surface area contributed by atoms with Gasteiger partial charge in [-0.3, -0.25) is 4.52 Å². The third-order valence-electron chi connectivity index (χ3n) is 1.74. The van der Waals surface area contributed by atoms with Gasteiger partial charge >= 0.3 is 15.6 Å². The van der Waals surface area contributed by atoms with E-state index in [0.29, 0.717) is 11.3 Å². The quantitative estimate of drug-likeness (QED) is 0.674. The number of hydrogen-bond donors (Lipinski definition) is 3. The van der Waals surface area contributed by atoms with Crippen molar-refractivity contribution < 1.29 is 37.4 Å². The van der Waals surface area contributed by atoms with Gasteiger partial charge in [0.15, 0.2) is 0 Å². The Bertz CT molecular complexity index is 496. The predicted octanol–water partition coefficient (Wildman–Crippen LogP) is 1.42. The van der Waals surface area contributed by atoms with Crippen LogP contribution in [0, 0.1) is 0 Å². The maximum Gasteiger partial charge on any atom is 0.481 e. The van der Waals surface area contributed by atoms with Crippen molar-refractivity contribution in [1.29, 1.82) is 0 Å². The molecule has 1 unspecified atom stereocenters. The number of rotatable bonds is 6. The molecule has 18 heavy (non-hydrogen) atoms. The lowest BCUT2D eigenvalue weighted by molar-refractivity contribution is 0.172. The summed E-state index contributed by atoms with van der Waals surface area (Å²) in [5.74, 6) is 0.514. The topological polar surface area (TPSA) is 123 Å². The summed E-state index contributed by atoms with van der Waals surface area (Å²) in [6, 6.07) is 6.41. The van der Waals surface area contributed by atoms with Gasteiger partial charge in [-0.2, -0.15) is 4.31 Å². The van der Waals surface area contributed by atoms with Crippen molar-refractivity contribution in [2.45, 2.75) is 6.61 Å². The molecule has 0 aliphatic heterocycles. The van der Waals surface area contributed by atoms with Crippen LogP contribution in [0.2, 0.25) is 0 Å². The number of ether oxygens (including phenoxy) is 1. The van der Waals surface area contributed by atoms with Gasteiger partial charge in [-0.05, 0) is 17.7 Å². The maximum atomic E-state index is 11.1. The summed E-state index contributed by atoms with van der Waals surface area (Å²) in [6.45, 7) is -0.356. The van der Waals surface area contributed by atoms with Crippen LogP contribution in [0.3, 0.4) is 0 Å². The zero-order valence-corrected chi connectivity index (χ0v) is 11.1. The summed E-state index contributed by atoms with van der Waals surface area (Å²) in [4.78, 5) is 25.8. The molecule has 1 atom stereocenters. The average Bonchev–Trinajstić information content (AvgIpc) is 2.24. The Balaban J connectivity index is 2.64. The van der Waals surface area contributed by atoms with Crippen molar-refractivity contribution in [1.82, 2.24) is 0 Å². The first-order valence-corrected chi connectivity index (χ1v) is 7.61. The van der Waals surface area contributed by atoms with Gasteiger partial charge in [0.25, 0.3) is 0 Å². The lowest BCUT2D eigenvalue weighted by Crippen LogP contribution is -1.95. The molecule has 3 N–H and O–H groups in total. The highest BCUT2D eigenvalue weighted by molar-refractivity contribution is 7.60. The Kier molecular flexibility index (Phi) is 5.07. The van der Waals surface area contributed by atoms with E-state index in [2.05, 4.69) is 8.83 Å². The molecule has 0 amide bonds. The van der Waals surface area contributed by atoms with Crippen LogP contribution in [0.5, 0.6) is 5.75 Å². The zero-order chi connectivity index (χ0) is 13.8. The highest BCUT2D eigenvalue weighted by atomic mass is 31.3. The fourth-order valence-corrected chi connectivity index (χ4v) is 2.65. The molecule has 0 saturated heterocycles. The second kappa shape index (κ2) is 5.95. The van der Waals surface area contributed by atoms with Gasteiger partial charge in [-0.25, -0.2) is 9.13 Å². The number of hydrogen-bond acceptors (Lipinski definition) is 5. The van der Waals surface area contributed by atoms with Crippen molar-refractivity contribution in [2.24, 2.45) is 0 Å². The molecule has 10 heteroatoms. The summed E-state index contributed by atoms with van der Waals surface area (Å²) in [5, 5.41) is 0.